The number of nitrogens with zero attached hydrogens (tertiary/aromatic N) is 3. The maximum Gasteiger partial charge on any atom is 0.236 e. The number of anilines is 1. The minimum Gasteiger partial charge on any atom is -0.596 e. The zero-order chi connectivity index (χ0) is 17.4. The van der Waals surface area contributed by atoms with Gasteiger partial charge in [-0.25, -0.2) is 4.98 Å². The lowest BCUT2D eigenvalue weighted by molar-refractivity contribution is -0.691. The third-order valence-electron chi connectivity index (χ3n) is 3.92. The highest BCUT2D eigenvalue weighted by atomic mass is 35.5. The van der Waals surface area contributed by atoms with E-state index in [2.05, 4.69) is 10.3 Å². The number of halogens is 1. The van der Waals surface area contributed by atoms with Gasteiger partial charge in [0.25, 0.3) is 0 Å². The first-order chi connectivity index (χ1) is 12.2. The van der Waals surface area contributed by atoms with Gasteiger partial charge in [0.2, 0.25) is 12.1 Å². The molecule has 1 aromatic carbocycles. The van der Waals surface area contributed by atoms with Gasteiger partial charge < -0.3 is 19.7 Å². The molecule has 1 aliphatic rings. The molecule has 128 valence electrons. The van der Waals surface area contributed by atoms with E-state index in [1.165, 1.54) is 12.5 Å². The van der Waals surface area contributed by atoms with Crippen molar-refractivity contribution >= 4 is 23.1 Å². The Balaban J connectivity index is 1.71. The van der Waals surface area contributed by atoms with E-state index < -0.39 is 0 Å². The summed E-state index contributed by atoms with van der Waals surface area (Å²) in [5, 5.41) is 16.0. The average Bonchev–Trinajstić information content (AvgIpc) is 3.25. The van der Waals surface area contributed by atoms with Crippen molar-refractivity contribution in [1.82, 2.24) is 9.67 Å². The van der Waals surface area contributed by atoms with Crippen molar-refractivity contribution < 1.29 is 14.0 Å². The Labute approximate surface area is 148 Å². The summed E-state index contributed by atoms with van der Waals surface area (Å²) in [5.74, 6) is 1.64. The van der Waals surface area contributed by atoms with E-state index >= 15 is 0 Å². The predicted octanol–water partition coefficient (Wildman–Crippen LogP) is 3.30. The summed E-state index contributed by atoms with van der Waals surface area (Å²) >= 11 is 6.16. The Hall–Kier alpha value is -2.93. The van der Waals surface area contributed by atoms with Crippen LogP contribution in [0.3, 0.4) is 0 Å². The predicted molar refractivity (Wildman–Crippen MR) is 93.1 cm³/mol. The number of rotatable bonds is 4. The van der Waals surface area contributed by atoms with Crippen LogP contribution in [0.15, 0.2) is 47.3 Å². The number of aromatic nitrogens is 3. The lowest BCUT2D eigenvalue weighted by Gasteiger charge is -2.18. The molecule has 0 radical (unpaired) electrons. The summed E-state index contributed by atoms with van der Waals surface area (Å²) in [6.07, 6.45) is 6.39. The Morgan fingerprint density at radius 3 is 3.12 bits per heavy atom. The summed E-state index contributed by atoms with van der Waals surface area (Å²) in [6, 6.07) is 5.57. The third-order valence-corrected chi connectivity index (χ3v) is 4.23. The van der Waals surface area contributed by atoms with Gasteiger partial charge in [-0.1, -0.05) is 22.5 Å². The Morgan fingerprint density at radius 2 is 2.36 bits per heavy atom. The first-order valence-electron chi connectivity index (χ1n) is 7.80. The van der Waals surface area contributed by atoms with Crippen molar-refractivity contribution in [3.63, 3.8) is 0 Å². The number of benzene rings is 1. The number of nitrogens with one attached hydrogen (secondary N) is 1. The molecule has 4 rings (SSSR count). The van der Waals surface area contributed by atoms with Gasteiger partial charge in [-0.2, -0.15) is 0 Å². The molecule has 0 amide bonds. The van der Waals surface area contributed by atoms with Crippen molar-refractivity contribution in [2.24, 2.45) is 0 Å². The van der Waals surface area contributed by atoms with Crippen LogP contribution in [0.2, 0.25) is 5.02 Å². The van der Waals surface area contributed by atoms with Crippen molar-refractivity contribution in [2.45, 2.75) is 13.5 Å². The van der Waals surface area contributed by atoms with Crippen LogP contribution in [0, 0.1) is 5.21 Å². The standard InChI is InChI=1S/C17H15ClN4O3/c1-2-24-15-9-11(3-4-13(15)18)14-5-7-21-16(20-14)12(10-22(21)23)17-19-6-8-25-17/h3-6,8-10,20H,2,7H2,1H3. The molecular weight excluding hydrogens is 344 g/mol. The van der Waals surface area contributed by atoms with Crippen LogP contribution in [0.25, 0.3) is 17.2 Å². The van der Waals surface area contributed by atoms with E-state index in [9.17, 15) is 5.21 Å². The van der Waals surface area contributed by atoms with Gasteiger partial charge in [-0.05, 0) is 25.1 Å². The lowest BCUT2D eigenvalue weighted by Crippen LogP contribution is -2.38. The number of ether oxygens (including phenoxy) is 1. The molecular formula is C17H15ClN4O3. The molecule has 3 heterocycles. The first kappa shape index (κ1) is 15.6. The summed E-state index contributed by atoms with van der Waals surface area (Å²) in [5.41, 5.74) is 2.37. The van der Waals surface area contributed by atoms with Crippen LogP contribution in [0.5, 0.6) is 5.75 Å². The molecule has 0 fully saturated rings. The second-order valence-corrected chi connectivity index (χ2v) is 5.84. The third kappa shape index (κ3) is 2.72. The highest BCUT2D eigenvalue weighted by Gasteiger charge is 2.26. The van der Waals surface area contributed by atoms with E-state index in [0.29, 0.717) is 41.2 Å². The van der Waals surface area contributed by atoms with Crippen molar-refractivity contribution in [3.05, 3.63) is 58.7 Å². The second-order valence-electron chi connectivity index (χ2n) is 5.43. The number of hydrogen-bond donors (Lipinski definition) is 1. The molecule has 7 nitrogen and oxygen atoms in total. The fourth-order valence-electron chi connectivity index (χ4n) is 2.78. The monoisotopic (exact) mass is 358 g/mol. The number of fused-ring (bicyclic) bond motifs is 1. The van der Waals surface area contributed by atoms with Gasteiger partial charge in [0.15, 0.2) is 11.4 Å². The molecule has 1 aliphatic heterocycles. The van der Waals surface area contributed by atoms with Crippen molar-refractivity contribution in [1.29, 1.82) is 0 Å². The van der Waals surface area contributed by atoms with Crippen LogP contribution in [-0.4, -0.2) is 16.3 Å². The number of oxazole rings is 1. The lowest BCUT2D eigenvalue weighted by atomic mass is 10.1. The number of allylic oxidation sites excluding steroid dienone is 1. The van der Waals surface area contributed by atoms with Gasteiger partial charge in [-0.3, -0.25) is 0 Å². The molecule has 8 heteroatoms. The maximum absolute atomic E-state index is 12.1. The van der Waals surface area contributed by atoms with Gasteiger partial charge in [-0.15, -0.1) is 4.68 Å². The van der Waals surface area contributed by atoms with Gasteiger partial charge >= 0.3 is 0 Å². The minimum absolute atomic E-state index is 0.387. The Morgan fingerprint density at radius 1 is 1.48 bits per heavy atom. The molecule has 0 unspecified atom stereocenters. The van der Waals surface area contributed by atoms with E-state index in [1.807, 2.05) is 25.1 Å². The average molecular weight is 359 g/mol. The minimum atomic E-state index is 0.387. The normalized spacial score (nSPS) is 13.1. The molecule has 0 aliphatic carbocycles. The zero-order valence-corrected chi connectivity index (χ0v) is 14.2. The summed E-state index contributed by atoms with van der Waals surface area (Å²) < 4.78 is 12.4. The second kappa shape index (κ2) is 6.18. The summed E-state index contributed by atoms with van der Waals surface area (Å²) in [6.45, 7) is 2.86. The maximum atomic E-state index is 12.1. The Kier molecular flexibility index (Phi) is 3.85. The molecule has 0 atom stereocenters. The SMILES string of the molecule is CCOc1cc(C2=CCn3c(c(-c4ncco4)c[n+]3[O-])N2)ccc1Cl. The summed E-state index contributed by atoms with van der Waals surface area (Å²) in [7, 11) is 0. The first-order valence-corrected chi connectivity index (χ1v) is 8.18. The molecule has 0 spiro atoms. The highest BCUT2D eigenvalue weighted by Crippen LogP contribution is 2.34. The highest BCUT2D eigenvalue weighted by molar-refractivity contribution is 6.32. The van der Waals surface area contributed by atoms with E-state index in [-0.39, 0.29) is 0 Å². The molecule has 1 N–H and O–H groups in total. The van der Waals surface area contributed by atoms with Gasteiger partial charge in [0, 0.05) is 11.3 Å². The van der Waals surface area contributed by atoms with E-state index in [1.54, 1.807) is 16.9 Å². The molecule has 2 aromatic heterocycles. The van der Waals surface area contributed by atoms with Crippen LogP contribution in [0.1, 0.15) is 12.5 Å². The largest absolute Gasteiger partial charge is 0.596 e. The quantitative estimate of drug-likeness (QED) is 0.572. The fourth-order valence-corrected chi connectivity index (χ4v) is 2.95. The number of hydrogen-bond acceptors (Lipinski definition) is 5. The van der Waals surface area contributed by atoms with Crippen molar-refractivity contribution in [3.8, 4) is 17.2 Å². The van der Waals surface area contributed by atoms with Crippen LogP contribution >= 0.6 is 11.6 Å². The topological polar surface area (TPSA) is 79.2 Å². The smallest absolute Gasteiger partial charge is 0.236 e. The van der Waals surface area contributed by atoms with Gasteiger partial charge in [0.1, 0.15) is 18.6 Å². The molecule has 0 bridgehead atoms. The van der Waals surface area contributed by atoms with Crippen LogP contribution in [-0.2, 0) is 6.54 Å². The van der Waals surface area contributed by atoms with E-state index in [4.69, 9.17) is 20.8 Å². The van der Waals surface area contributed by atoms with Crippen molar-refractivity contribution in [2.75, 3.05) is 11.9 Å². The molecule has 0 saturated heterocycles. The fraction of sp³-hybridized carbons (Fsp3) is 0.176. The zero-order valence-electron chi connectivity index (χ0n) is 13.4. The van der Waals surface area contributed by atoms with Crippen LogP contribution in [0.4, 0.5) is 5.82 Å². The summed E-state index contributed by atoms with van der Waals surface area (Å²) in [4.78, 5) is 4.89. The van der Waals surface area contributed by atoms with E-state index in [0.717, 1.165) is 16.1 Å². The molecule has 0 saturated carbocycles. The molecule has 25 heavy (non-hydrogen) atoms. The molecule has 3 aromatic rings. The van der Waals surface area contributed by atoms with Gasteiger partial charge in [0.05, 0.1) is 17.8 Å². The van der Waals surface area contributed by atoms with Crippen LogP contribution < -0.4 is 14.9 Å². The Bertz CT molecular complexity index is 947.